The van der Waals surface area contributed by atoms with Crippen LogP contribution >= 0.6 is 11.6 Å². The van der Waals surface area contributed by atoms with Crippen molar-refractivity contribution < 1.29 is 19.1 Å². The zero-order chi connectivity index (χ0) is 18.9. The van der Waals surface area contributed by atoms with E-state index in [1.165, 1.54) is 0 Å². The zero-order valence-corrected chi connectivity index (χ0v) is 15.4. The number of amides is 2. The molecule has 0 bridgehead atoms. The van der Waals surface area contributed by atoms with Crippen molar-refractivity contribution in [2.75, 3.05) is 0 Å². The molecule has 0 spiro atoms. The van der Waals surface area contributed by atoms with E-state index in [2.05, 4.69) is 9.97 Å². The highest BCUT2D eigenvalue weighted by Gasteiger charge is 2.39. The summed E-state index contributed by atoms with van der Waals surface area (Å²) in [5.41, 5.74) is 0.660. The molecule has 0 atom stereocenters. The molecule has 0 unspecified atom stereocenters. The standard InChI is InChI=1S/C18H18ClN3O4/c1-18(2,3)26-17(24)22-9-12-13(15(22)23)14(21-16(19)20-12)25-10-11-7-5-4-6-8-11/h4-8H,9-10H2,1-3H3. The van der Waals surface area contributed by atoms with Crippen LogP contribution in [0.1, 0.15) is 42.4 Å². The Kier molecular flexibility index (Phi) is 4.82. The number of benzene rings is 1. The second kappa shape index (κ2) is 6.92. The molecule has 0 radical (unpaired) electrons. The number of hydrogen-bond acceptors (Lipinski definition) is 6. The summed E-state index contributed by atoms with van der Waals surface area (Å²) < 4.78 is 10.9. The average molecular weight is 376 g/mol. The van der Waals surface area contributed by atoms with Gasteiger partial charge in [-0.1, -0.05) is 30.3 Å². The van der Waals surface area contributed by atoms with Crippen molar-refractivity contribution in [1.29, 1.82) is 0 Å². The van der Waals surface area contributed by atoms with Gasteiger partial charge in [-0.25, -0.2) is 14.7 Å². The molecule has 2 amide bonds. The number of carbonyl (C=O) groups excluding carboxylic acids is 2. The first-order valence-corrected chi connectivity index (χ1v) is 8.40. The Morgan fingerprint density at radius 3 is 2.58 bits per heavy atom. The molecule has 0 N–H and O–H groups in total. The number of carbonyl (C=O) groups is 2. The van der Waals surface area contributed by atoms with Gasteiger partial charge in [0.2, 0.25) is 11.2 Å². The maximum atomic E-state index is 12.7. The van der Waals surface area contributed by atoms with Gasteiger partial charge < -0.3 is 9.47 Å². The third kappa shape index (κ3) is 3.94. The number of ether oxygens (including phenoxy) is 2. The summed E-state index contributed by atoms with van der Waals surface area (Å²) in [4.78, 5) is 34.0. The van der Waals surface area contributed by atoms with Crippen LogP contribution in [0.15, 0.2) is 30.3 Å². The molecular weight excluding hydrogens is 358 g/mol. The average Bonchev–Trinajstić information content (AvgIpc) is 2.89. The van der Waals surface area contributed by atoms with Gasteiger partial charge in [0.25, 0.3) is 5.91 Å². The van der Waals surface area contributed by atoms with Crippen LogP contribution in [0.5, 0.6) is 5.88 Å². The lowest BCUT2D eigenvalue weighted by molar-refractivity contribution is 0.0246. The summed E-state index contributed by atoms with van der Waals surface area (Å²) in [6.07, 6.45) is -0.745. The molecule has 0 saturated heterocycles. The van der Waals surface area contributed by atoms with Crippen LogP contribution in [0, 0.1) is 0 Å². The smallest absolute Gasteiger partial charge is 0.417 e. The number of fused-ring (bicyclic) bond motifs is 1. The molecule has 7 nitrogen and oxygen atoms in total. The molecule has 0 saturated carbocycles. The quantitative estimate of drug-likeness (QED) is 0.762. The second-order valence-electron chi connectivity index (χ2n) is 6.77. The van der Waals surface area contributed by atoms with Crippen molar-refractivity contribution in [2.45, 2.75) is 39.5 Å². The Bertz CT molecular complexity index is 850. The van der Waals surface area contributed by atoms with Crippen molar-refractivity contribution in [2.24, 2.45) is 0 Å². The summed E-state index contributed by atoms with van der Waals surface area (Å²) in [7, 11) is 0. The lowest BCUT2D eigenvalue weighted by Gasteiger charge is -2.23. The Hall–Kier alpha value is -2.67. The van der Waals surface area contributed by atoms with Crippen LogP contribution in [0.2, 0.25) is 5.28 Å². The van der Waals surface area contributed by atoms with Crippen molar-refractivity contribution in [3.05, 3.63) is 52.4 Å². The van der Waals surface area contributed by atoms with E-state index < -0.39 is 17.6 Å². The third-order valence-corrected chi connectivity index (χ3v) is 3.69. The Morgan fingerprint density at radius 2 is 1.92 bits per heavy atom. The van der Waals surface area contributed by atoms with E-state index in [0.717, 1.165) is 10.5 Å². The summed E-state index contributed by atoms with van der Waals surface area (Å²) in [6.45, 7) is 5.35. The maximum Gasteiger partial charge on any atom is 0.417 e. The van der Waals surface area contributed by atoms with Gasteiger partial charge in [0, 0.05) is 0 Å². The van der Waals surface area contributed by atoms with Gasteiger partial charge in [0.15, 0.2) is 0 Å². The zero-order valence-electron chi connectivity index (χ0n) is 14.7. The van der Waals surface area contributed by atoms with Gasteiger partial charge in [-0.05, 0) is 37.9 Å². The predicted molar refractivity (Wildman–Crippen MR) is 93.9 cm³/mol. The fourth-order valence-corrected chi connectivity index (χ4v) is 2.61. The van der Waals surface area contributed by atoms with Crippen molar-refractivity contribution in [3.63, 3.8) is 0 Å². The van der Waals surface area contributed by atoms with Gasteiger partial charge in [0.1, 0.15) is 17.8 Å². The minimum atomic E-state index is -0.745. The molecule has 1 aliphatic heterocycles. The Labute approximate surface area is 155 Å². The number of imide groups is 1. The normalized spacial score (nSPS) is 13.5. The van der Waals surface area contributed by atoms with Crippen LogP contribution in [0.3, 0.4) is 0 Å². The van der Waals surface area contributed by atoms with E-state index in [1.54, 1.807) is 20.8 Å². The number of aromatic nitrogens is 2. The maximum absolute atomic E-state index is 12.7. The lowest BCUT2D eigenvalue weighted by Crippen LogP contribution is -2.37. The fraction of sp³-hybridized carbons (Fsp3) is 0.333. The molecule has 2 aromatic rings. The lowest BCUT2D eigenvalue weighted by atomic mass is 10.2. The van der Waals surface area contributed by atoms with Crippen molar-refractivity contribution in [3.8, 4) is 5.88 Å². The van der Waals surface area contributed by atoms with Gasteiger partial charge in [-0.3, -0.25) is 4.79 Å². The molecule has 1 aromatic carbocycles. The van der Waals surface area contributed by atoms with E-state index in [-0.39, 0.29) is 29.9 Å². The van der Waals surface area contributed by atoms with E-state index in [9.17, 15) is 9.59 Å². The van der Waals surface area contributed by atoms with E-state index in [4.69, 9.17) is 21.1 Å². The molecule has 136 valence electrons. The molecule has 0 aliphatic carbocycles. The molecule has 8 heteroatoms. The van der Waals surface area contributed by atoms with E-state index >= 15 is 0 Å². The SMILES string of the molecule is CC(C)(C)OC(=O)N1Cc2nc(Cl)nc(OCc3ccccc3)c2C1=O. The molecule has 3 rings (SSSR count). The van der Waals surface area contributed by atoms with Crippen molar-refractivity contribution >= 4 is 23.6 Å². The molecule has 1 aliphatic rings. The van der Waals surface area contributed by atoms with E-state index in [0.29, 0.717) is 5.69 Å². The summed E-state index contributed by atoms with van der Waals surface area (Å²) in [5, 5.41) is -0.0503. The highest BCUT2D eigenvalue weighted by Crippen LogP contribution is 2.31. The monoisotopic (exact) mass is 375 g/mol. The van der Waals surface area contributed by atoms with Gasteiger partial charge in [-0.2, -0.15) is 4.98 Å². The molecule has 26 heavy (non-hydrogen) atoms. The second-order valence-corrected chi connectivity index (χ2v) is 7.10. The minimum Gasteiger partial charge on any atom is -0.472 e. The summed E-state index contributed by atoms with van der Waals surface area (Å²) in [6, 6.07) is 9.43. The Balaban J connectivity index is 1.84. The number of hydrogen-bond donors (Lipinski definition) is 0. The first-order chi connectivity index (χ1) is 12.2. The Morgan fingerprint density at radius 1 is 1.23 bits per heavy atom. The predicted octanol–water partition coefficient (Wildman–Crippen LogP) is 3.60. The summed E-state index contributed by atoms with van der Waals surface area (Å²) >= 11 is 5.94. The highest BCUT2D eigenvalue weighted by atomic mass is 35.5. The topological polar surface area (TPSA) is 81.6 Å². The van der Waals surface area contributed by atoms with Crippen LogP contribution in [0.25, 0.3) is 0 Å². The highest BCUT2D eigenvalue weighted by molar-refractivity contribution is 6.28. The molecule has 1 aromatic heterocycles. The number of nitrogens with zero attached hydrogens (tertiary/aromatic N) is 3. The first-order valence-electron chi connectivity index (χ1n) is 8.02. The van der Waals surface area contributed by atoms with E-state index in [1.807, 2.05) is 30.3 Å². The van der Waals surface area contributed by atoms with Crippen LogP contribution < -0.4 is 4.74 Å². The van der Waals surface area contributed by atoms with Crippen LogP contribution in [0.4, 0.5) is 4.79 Å². The van der Waals surface area contributed by atoms with Gasteiger partial charge in [-0.15, -0.1) is 0 Å². The molecule has 0 fully saturated rings. The first kappa shape index (κ1) is 18.1. The van der Waals surface area contributed by atoms with Crippen LogP contribution in [-0.2, 0) is 17.9 Å². The molecular formula is C18H18ClN3O4. The van der Waals surface area contributed by atoms with Gasteiger partial charge in [0.05, 0.1) is 12.2 Å². The number of rotatable bonds is 3. The largest absolute Gasteiger partial charge is 0.472 e. The molecule has 2 heterocycles. The number of halogens is 1. The minimum absolute atomic E-state index is 0.0347. The third-order valence-electron chi connectivity index (χ3n) is 3.52. The summed E-state index contributed by atoms with van der Waals surface area (Å²) in [5.74, 6) is -0.506. The van der Waals surface area contributed by atoms with Gasteiger partial charge >= 0.3 is 6.09 Å². The fourth-order valence-electron chi connectivity index (χ4n) is 2.44. The van der Waals surface area contributed by atoms with Crippen LogP contribution in [-0.4, -0.2) is 32.5 Å². The van der Waals surface area contributed by atoms with Crippen molar-refractivity contribution in [1.82, 2.24) is 14.9 Å².